The molecular weight excluding hydrogens is 313 g/mol. The lowest BCUT2D eigenvalue weighted by atomic mass is 10.0. The van der Waals surface area contributed by atoms with Gasteiger partial charge in [-0.05, 0) is 54.4 Å². The molecule has 0 aliphatic carbocycles. The number of pyridine rings is 2. The van der Waals surface area contributed by atoms with Crippen LogP contribution in [0, 0.1) is 12.7 Å². The topological polar surface area (TPSA) is 51.8 Å². The fourth-order valence-electron chi connectivity index (χ4n) is 2.90. The first-order chi connectivity index (χ1) is 12.1. The highest BCUT2D eigenvalue weighted by atomic mass is 19.1. The van der Waals surface area contributed by atoms with E-state index in [0.29, 0.717) is 5.69 Å². The molecule has 0 saturated heterocycles. The first kappa shape index (κ1) is 15.3. The number of hydrogen-bond acceptors (Lipinski definition) is 3. The molecular formula is C21H16FN3. The number of aromatic nitrogens is 2. The van der Waals surface area contributed by atoms with Gasteiger partial charge in [0.25, 0.3) is 0 Å². The summed E-state index contributed by atoms with van der Waals surface area (Å²) < 4.78 is 13.5. The second kappa shape index (κ2) is 5.98. The van der Waals surface area contributed by atoms with E-state index < -0.39 is 0 Å². The monoisotopic (exact) mass is 329 g/mol. The summed E-state index contributed by atoms with van der Waals surface area (Å²) in [6, 6.07) is 16.3. The molecule has 0 atom stereocenters. The molecule has 4 aromatic rings. The van der Waals surface area contributed by atoms with Crippen molar-refractivity contribution in [1.82, 2.24) is 9.97 Å². The van der Waals surface area contributed by atoms with E-state index in [1.807, 2.05) is 43.3 Å². The Bertz CT molecular complexity index is 1090. The van der Waals surface area contributed by atoms with Crippen LogP contribution in [0.15, 0.2) is 67.0 Å². The van der Waals surface area contributed by atoms with Gasteiger partial charge in [-0.25, -0.2) is 4.39 Å². The molecule has 4 heteroatoms. The zero-order chi connectivity index (χ0) is 17.4. The molecule has 2 aromatic heterocycles. The minimum atomic E-state index is -0.261. The lowest BCUT2D eigenvalue weighted by molar-refractivity contribution is 0.628. The average Bonchev–Trinajstić information content (AvgIpc) is 2.63. The molecule has 0 amide bonds. The largest absolute Gasteiger partial charge is 0.397 e. The van der Waals surface area contributed by atoms with Gasteiger partial charge in [-0.2, -0.15) is 0 Å². The van der Waals surface area contributed by atoms with Crippen LogP contribution in [0.2, 0.25) is 0 Å². The van der Waals surface area contributed by atoms with Crippen molar-refractivity contribution in [2.75, 3.05) is 5.73 Å². The molecule has 25 heavy (non-hydrogen) atoms. The van der Waals surface area contributed by atoms with Crippen LogP contribution in [0.1, 0.15) is 5.56 Å². The molecule has 2 heterocycles. The zero-order valence-corrected chi connectivity index (χ0v) is 13.7. The van der Waals surface area contributed by atoms with Crippen LogP contribution in [0.4, 0.5) is 10.1 Å². The van der Waals surface area contributed by atoms with Gasteiger partial charge in [-0.1, -0.05) is 18.2 Å². The number of anilines is 1. The standard InChI is InChI=1S/C21H16FN3/c1-13-7-8-24-21(20(13)23)15-5-6-19-16(9-15)10-17(12-25-19)14-3-2-4-18(22)11-14/h2-12H,23H2,1H3. The summed E-state index contributed by atoms with van der Waals surface area (Å²) in [6.45, 7) is 1.96. The summed E-state index contributed by atoms with van der Waals surface area (Å²) in [5.41, 5.74) is 12.1. The molecule has 122 valence electrons. The summed E-state index contributed by atoms with van der Waals surface area (Å²) in [5.74, 6) is -0.261. The summed E-state index contributed by atoms with van der Waals surface area (Å²) in [7, 11) is 0. The van der Waals surface area contributed by atoms with Crippen LogP contribution in [0.3, 0.4) is 0 Å². The number of benzene rings is 2. The van der Waals surface area contributed by atoms with Crippen LogP contribution < -0.4 is 5.73 Å². The van der Waals surface area contributed by atoms with E-state index in [-0.39, 0.29) is 5.82 Å². The van der Waals surface area contributed by atoms with Crippen molar-refractivity contribution in [3.8, 4) is 22.4 Å². The Labute approximate surface area is 145 Å². The van der Waals surface area contributed by atoms with Gasteiger partial charge in [-0.3, -0.25) is 9.97 Å². The maximum absolute atomic E-state index is 13.5. The van der Waals surface area contributed by atoms with Crippen molar-refractivity contribution < 1.29 is 4.39 Å². The van der Waals surface area contributed by atoms with Crippen molar-refractivity contribution in [2.24, 2.45) is 0 Å². The van der Waals surface area contributed by atoms with Gasteiger partial charge in [0.05, 0.1) is 16.9 Å². The molecule has 0 unspecified atom stereocenters. The predicted octanol–water partition coefficient (Wildman–Crippen LogP) is 4.99. The quantitative estimate of drug-likeness (QED) is 0.563. The summed E-state index contributed by atoms with van der Waals surface area (Å²) in [5, 5.41) is 0.960. The smallest absolute Gasteiger partial charge is 0.123 e. The van der Waals surface area contributed by atoms with E-state index >= 15 is 0 Å². The molecule has 0 radical (unpaired) electrons. The third-order valence-electron chi connectivity index (χ3n) is 4.32. The number of nitrogens with two attached hydrogens (primary N) is 1. The number of rotatable bonds is 2. The number of hydrogen-bond donors (Lipinski definition) is 1. The van der Waals surface area contributed by atoms with E-state index in [9.17, 15) is 4.39 Å². The van der Waals surface area contributed by atoms with Gasteiger partial charge in [-0.15, -0.1) is 0 Å². The molecule has 3 nitrogen and oxygen atoms in total. The number of nitrogens with zero attached hydrogens (tertiary/aromatic N) is 2. The minimum absolute atomic E-state index is 0.261. The molecule has 0 fully saturated rings. The maximum atomic E-state index is 13.5. The molecule has 0 aliphatic rings. The molecule has 2 aromatic carbocycles. The second-order valence-corrected chi connectivity index (χ2v) is 6.03. The van der Waals surface area contributed by atoms with Crippen molar-refractivity contribution in [2.45, 2.75) is 6.92 Å². The van der Waals surface area contributed by atoms with E-state index in [2.05, 4.69) is 9.97 Å². The Balaban J connectivity index is 1.86. The van der Waals surface area contributed by atoms with Crippen molar-refractivity contribution in [1.29, 1.82) is 0 Å². The first-order valence-corrected chi connectivity index (χ1v) is 7.99. The van der Waals surface area contributed by atoms with Crippen molar-refractivity contribution >= 4 is 16.6 Å². The van der Waals surface area contributed by atoms with Gasteiger partial charge in [0, 0.05) is 28.9 Å². The van der Waals surface area contributed by atoms with Crippen LogP contribution in [-0.2, 0) is 0 Å². The molecule has 0 spiro atoms. The highest BCUT2D eigenvalue weighted by molar-refractivity contribution is 5.89. The van der Waals surface area contributed by atoms with Gasteiger partial charge in [0.15, 0.2) is 0 Å². The van der Waals surface area contributed by atoms with Gasteiger partial charge < -0.3 is 5.73 Å². The summed E-state index contributed by atoms with van der Waals surface area (Å²) in [4.78, 5) is 8.90. The van der Waals surface area contributed by atoms with E-state index in [1.165, 1.54) is 12.1 Å². The second-order valence-electron chi connectivity index (χ2n) is 6.03. The maximum Gasteiger partial charge on any atom is 0.123 e. The van der Waals surface area contributed by atoms with E-state index in [4.69, 9.17) is 5.73 Å². The predicted molar refractivity (Wildman–Crippen MR) is 99.5 cm³/mol. The molecule has 4 rings (SSSR count). The Kier molecular flexibility index (Phi) is 3.65. The average molecular weight is 329 g/mol. The highest BCUT2D eigenvalue weighted by Gasteiger charge is 2.08. The van der Waals surface area contributed by atoms with Crippen molar-refractivity contribution in [3.05, 3.63) is 78.4 Å². The number of fused-ring (bicyclic) bond motifs is 1. The third-order valence-corrected chi connectivity index (χ3v) is 4.32. The Morgan fingerprint density at radius 1 is 0.880 bits per heavy atom. The fourth-order valence-corrected chi connectivity index (χ4v) is 2.90. The lowest BCUT2D eigenvalue weighted by Crippen LogP contribution is -1.96. The van der Waals surface area contributed by atoms with Crippen molar-refractivity contribution in [3.63, 3.8) is 0 Å². The highest BCUT2D eigenvalue weighted by Crippen LogP contribution is 2.30. The lowest BCUT2D eigenvalue weighted by Gasteiger charge is -2.09. The Hall–Kier alpha value is -3.27. The van der Waals surface area contributed by atoms with E-state index in [1.54, 1.807) is 18.5 Å². The van der Waals surface area contributed by atoms with Crippen LogP contribution in [0.25, 0.3) is 33.3 Å². The summed E-state index contributed by atoms with van der Waals surface area (Å²) >= 11 is 0. The van der Waals surface area contributed by atoms with Crippen LogP contribution >= 0.6 is 0 Å². The number of halogens is 1. The molecule has 0 bridgehead atoms. The van der Waals surface area contributed by atoms with Crippen LogP contribution in [-0.4, -0.2) is 9.97 Å². The van der Waals surface area contributed by atoms with Gasteiger partial charge in [0.1, 0.15) is 5.82 Å². The first-order valence-electron chi connectivity index (χ1n) is 7.99. The Morgan fingerprint density at radius 2 is 1.72 bits per heavy atom. The SMILES string of the molecule is Cc1ccnc(-c2ccc3ncc(-c4cccc(F)c4)cc3c2)c1N. The van der Waals surface area contributed by atoms with Gasteiger partial charge in [0.2, 0.25) is 0 Å². The third kappa shape index (κ3) is 2.83. The summed E-state index contributed by atoms with van der Waals surface area (Å²) in [6.07, 6.45) is 3.52. The van der Waals surface area contributed by atoms with Gasteiger partial charge >= 0.3 is 0 Å². The number of aryl methyl sites for hydroxylation is 1. The van der Waals surface area contributed by atoms with Crippen LogP contribution in [0.5, 0.6) is 0 Å². The van der Waals surface area contributed by atoms with E-state index in [0.717, 1.165) is 38.9 Å². The molecule has 0 saturated carbocycles. The normalized spacial score (nSPS) is 11.0. The molecule has 0 aliphatic heterocycles. The fraction of sp³-hybridized carbons (Fsp3) is 0.0476. The number of nitrogen functional groups attached to an aromatic ring is 1. The zero-order valence-electron chi connectivity index (χ0n) is 13.7. The minimum Gasteiger partial charge on any atom is -0.397 e. The molecule has 2 N–H and O–H groups in total. The Morgan fingerprint density at radius 3 is 2.56 bits per heavy atom.